The van der Waals surface area contributed by atoms with E-state index in [4.69, 9.17) is 37.0 Å². The van der Waals surface area contributed by atoms with E-state index in [0.717, 1.165) is 114 Å². The van der Waals surface area contributed by atoms with Gasteiger partial charge in [-0.3, -0.25) is 37.3 Å². The number of aliphatic hydroxyl groups is 1. The van der Waals surface area contributed by atoms with Crippen molar-refractivity contribution in [3.8, 4) is 0 Å². The second-order valence-corrected chi connectivity index (χ2v) is 32.2. The molecule has 0 aliphatic rings. The fourth-order valence-electron chi connectivity index (χ4n) is 11.6. The molecule has 0 saturated heterocycles. The maximum atomic E-state index is 13.1. The van der Waals surface area contributed by atoms with Crippen LogP contribution in [0.15, 0.2) is 0 Å². The number of unbranched alkanes of at least 4 members (excludes halogenated alkanes) is 39. The Labute approximate surface area is 581 Å². The van der Waals surface area contributed by atoms with Gasteiger partial charge in [-0.15, -0.1) is 0 Å². The van der Waals surface area contributed by atoms with E-state index >= 15 is 0 Å². The normalized spacial score (nSPS) is 14.1. The standard InChI is InChI=1S/C76H148O17P2/c1-66(2)52-44-36-28-21-16-12-10-9-11-13-18-24-33-42-50-58-75(80)92-71(62-86-73(78)56-48-40-32-26-20-23-30-38-46-54-68(5)6)64-90-94(82,83)88-60-70(77)61-89-95(84,85)91-65-72(63-87-74(79)57-49-41-35-27-31-39-47-55-69(7)8)93-76(81)59-51-43-34-25-19-15-14-17-22-29-37-45-53-67(3)4/h66-72,77H,9-65H2,1-8H3,(H,82,83)(H,84,85)/t70?,71-,72-/m1/s1. The van der Waals surface area contributed by atoms with Gasteiger partial charge >= 0.3 is 39.5 Å². The minimum atomic E-state index is -4.96. The summed E-state index contributed by atoms with van der Waals surface area (Å²) < 4.78 is 68.5. The third-order valence-electron chi connectivity index (χ3n) is 17.6. The lowest BCUT2D eigenvalue weighted by atomic mass is 10.0. The Morgan fingerprint density at radius 1 is 0.263 bits per heavy atom. The molecule has 0 aromatic carbocycles. The molecule has 0 heterocycles. The summed E-state index contributed by atoms with van der Waals surface area (Å²) in [6.07, 6.45) is 50.0. The van der Waals surface area contributed by atoms with Crippen LogP contribution in [0.3, 0.4) is 0 Å². The van der Waals surface area contributed by atoms with Gasteiger partial charge in [0.1, 0.15) is 19.3 Å². The molecule has 0 radical (unpaired) electrons. The van der Waals surface area contributed by atoms with Crippen LogP contribution in [0.4, 0.5) is 0 Å². The zero-order valence-corrected chi connectivity index (χ0v) is 64.1. The molecule has 0 spiro atoms. The highest BCUT2D eigenvalue weighted by Gasteiger charge is 2.30. The number of hydrogen-bond donors (Lipinski definition) is 3. The number of aliphatic hydroxyl groups excluding tert-OH is 1. The van der Waals surface area contributed by atoms with Crippen LogP contribution in [-0.4, -0.2) is 96.7 Å². The Hall–Kier alpha value is -1.94. The van der Waals surface area contributed by atoms with Crippen LogP contribution in [0.2, 0.25) is 0 Å². The molecular formula is C76H148O17P2. The molecule has 0 rings (SSSR count). The highest BCUT2D eigenvalue weighted by molar-refractivity contribution is 7.47. The molecule has 0 aromatic rings. The molecule has 3 unspecified atom stereocenters. The van der Waals surface area contributed by atoms with Gasteiger partial charge in [-0.1, -0.05) is 331 Å². The number of hydrogen-bond acceptors (Lipinski definition) is 15. The number of ether oxygens (including phenoxy) is 4. The first kappa shape index (κ1) is 93.1. The Kier molecular flexibility index (Phi) is 64.0. The maximum absolute atomic E-state index is 13.1. The molecule has 0 saturated carbocycles. The molecular weight excluding hydrogens is 1250 g/mol. The van der Waals surface area contributed by atoms with Crippen molar-refractivity contribution >= 4 is 39.5 Å². The van der Waals surface area contributed by atoms with Gasteiger partial charge in [-0.05, 0) is 49.4 Å². The van der Waals surface area contributed by atoms with E-state index < -0.39 is 97.5 Å². The van der Waals surface area contributed by atoms with Gasteiger partial charge in [-0.25, -0.2) is 9.13 Å². The van der Waals surface area contributed by atoms with Crippen molar-refractivity contribution in [2.75, 3.05) is 39.6 Å². The second kappa shape index (κ2) is 65.4. The van der Waals surface area contributed by atoms with Crippen LogP contribution in [0.25, 0.3) is 0 Å². The summed E-state index contributed by atoms with van der Waals surface area (Å²) in [5.74, 6) is 0.907. The van der Waals surface area contributed by atoms with E-state index in [9.17, 15) is 43.2 Å². The number of esters is 4. The Morgan fingerprint density at radius 3 is 0.653 bits per heavy atom. The summed E-state index contributed by atoms with van der Waals surface area (Å²) in [6.45, 7) is 14.2. The average molecular weight is 1400 g/mol. The molecule has 3 N–H and O–H groups in total. The smallest absolute Gasteiger partial charge is 0.462 e. The number of carbonyl (C=O) groups excluding carboxylic acids is 4. The Balaban J connectivity index is 5.24. The number of phosphoric ester groups is 2. The van der Waals surface area contributed by atoms with Gasteiger partial charge in [0, 0.05) is 25.7 Å². The lowest BCUT2D eigenvalue weighted by Crippen LogP contribution is -2.30. The highest BCUT2D eigenvalue weighted by atomic mass is 31.2. The van der Waals surface area contributed by atoms with Crippen molar-refractivity contribution < 1.29 is 80.2 Å². The molecule has 5 atom stereocenters. The predicted molar refractivity (Wildman–Crippen MR) is 386 cm³/mol. The first-order valence-corrected chi connectivity index (χ1v) is 42.2. The number of phosphoric acid groups is 2. The maximum Gasteiger partial charge on any atom is 0.472 e. The van der Waals surface area contributed by atoms with Crippen molar-refractivity contribution in [3.63, 3.8) is 0 Å². The van der Waals surface area contributed by atoms with Crippen LogP contribution in [0, 0.1) is 23.7 Å². The Morgan fingerprint density at radius 2 is 0.442 bits per heavy atom. The first-order chi connectivity index (χ1) is 45.6. The topological polar surface area (TPSA) is 237 Å². The SMILES string of the molecule is CC(C)CCCCCCCCCCCCCCCCCC(=O)O[C@H](COC(=O)CCCCCCCCCCCC(C)C)COP(=O)(O)OCC(O)COP(=O)(O)OC[C@@H](COC(=O)CCCCCCCCCC(C)C)OC(=O)CCCCCCCCCCCCCCC(C)C. The predicted octanol–water partition coefficient (Wildman–Crippen LogP) is 22.0. The van der Waals surface area contributed by atoms with E-state index in [1.807, 2.05) is 0 Å². The van der Waals surface area contributed by atoms with Crippen molar-refractivity contribution in [3.05, 3.63) is 0 Å². The van der Waals surface area contributed by atoms with Crippen LogP contribution >= 0.6 is 15.6 Å². The second-order valence-electron chi connectivity index (χ2n) is 29.3. The summed E-state index contributed by atoms with van der Waals surface area (Å²) in [7, 11) is -9.91. The average Bonchev–Trinajstić information content (AvgIpc) is 1.32. The summed E-state index contributed by atoms with van der Waals surface area (Å²) in [6, 6.07) is 0. The van der Waals surface area contributed by atoms with Gasteiger partial charge in [0.15, 0.2) is 12.2 Å². The monoisotopic (exact) mass is 1400 g/mol. The minimum absolute atomic E-state index is 0.106. The molecule has 0 aliphatic carbocycles. The van der Waals surface area contributed by atoms with Gasteiger partial charge in [-0.2, -0.15) is 0 Å². The molecule has 17 nitrogen and oxygen atoms in total. The fourth-order valence-corrected chi connectivity index (χ4v) is 13.1. The van der Waals surface area contributed by atoms with E-state index in [1.165, 1.54) is 180 Å². The summed E-state index contributed by atoms with van der Waals surface area (Å²) in [4.78, 5) is 72.8. The van der Waals surface area contributed by atoms with Crippen LogP contribution in [-0.2, 0) is 65.4 Å². The minimum Gasteiger partial charge on any atom is -0.462 e. The zero-order valence-electron chi connectivity index (χ0n) is 62.3. The molecule has 0 amide bonds. The molecule has 95 heavy (non-hydrogen) atoms. The molecule has 0 aliphatic heterocycles. The first-order valence-electron chi connectivity index (χ1n) is 39.2. The number of carbonyl (C=O) groups is 4. The quantitative estimate of drug-likeness (QED) is 0.0222. The van der Waals surface area contributed by atoms with Gasteiger partial charge in [0.25, 0.3) is 0 Å². The summed E-state index contributed by atoms with van der Waals surface area (Å²) >= 11 is 0. The van der Waals surface area contributed by atoms with Crippen molar-refractivity contribution in [1.82, 2.24) is 0 Å². The van der Waals surface area contributed by atoms with Crippen LogP contribution < -0.4 is 0 Å². The van der Waals surface area contributed by atoms with Crippen molar-refractivity contribution in [2.24, 2.45) is 23.7 Å². The largest absolute Gasteiger partial charge is 0.472 e. The van der Waals surface area contributed by atoms with Crippen LogP contribution in [0.5, 0.6) is 0 Å². The molecule has 0 bridgehead atoms. The van der Waals surface area contributed by atoms with Gasteiger partial charge in [0.2, 0.25) is 0 Å². The molecule has 0 fully saturated rings. The van der Waals surface area contributed by atoms with Crippen molar-refractivity contribution in [1.29, 1.82) is 0 Å². The van der Waals surface area contributed by atoms with E-state index in [1.54, 1.807) is 0 Å². The van der Waals surface area contributed by atoms with E-state index in [2.05, 4.69) is 55.4 Å². The van der Waals surface area contributed by atoms with E-state index in [-0.39, 0.29) is 25.7 Å². The Bertz CT molecular complexity index is 1870. The fraction of sp³-hybridized carbons (Fsp3) is 0.947. The number of rotatable bonds is 73. The highest BCUT2D eigenvalue weighted by Crippen LogP contribution is 2.45. The molecule has 0 aromatic heterocycles. The summed E-state index contributed by atoms with van der Waals surface area (Å²) in [5.41, 5.74) is 0. The lowest BCUT2D eigenvalue weighted by molar-refractivity contribution is -0.161. The third kappa shape index (κ3) is 70.3. The zero-order chi connectivity index (χ0) is 70.3. The van der Waals surface area contributed by atoms with Crippen LogP contribution in [0.1, 0.15) is 383 Å². The third-order valence-corrected chi connectivity index (χ3v) is 19.5. The van der Waals surface area contributed by atoms with E-state index in [0.29, 0.717) is 31.6 Å². The summed E-state index contributed by atoms with van der Waals surface area (Å²) in [5, 5.41) is 10.6. The molecule has 564 valence electrons. The van der Waals surface area contributed by atoms with Gasteiger partial charge < -0.3 is 33.8 Å². The van der Waals surface area contributed by atoms with Gasteiger partial charge in [0.05, 0.1) is 26.4 Å². The lowest BCUT2D eigenvalue weighted by Gasteiger charge is -2.21. The van der Waals surface area contributed by atoms with Crippen molar-refractivity contribution in [2.45, 2.75) is 401 Å². The molecule has 19 heteroatoms.